The van der Waals surface area contributed by atoms with Crippen LogP contribution in [0.3, 0.4) is 0 Å². The van der Waals surface area contributed by atoms with E-state index in [1.54, 1.807) is 12.3 Å². The number of rotatable bonds is 3. The fourth-order valence-corrected chi connectivity index (χ4v) is 3.77. The minimum absolute atomic E-state index is 0.0291. The number of aromatic nitrogens is 1. The molecule has 2 N–H and O–H groups in total. The third-order valence-corrected chi connectivity index (χ3v) is 5.19. The summed E-state index contributed by atoms with van der Waals surface area (Å²) in [7, 11) is 0. The lowest BCUT2D eigenvalue weighted by Crippen LogP contribution is -2.62. The number of aliphatic hydroxyl groups is 1. The molecule has 1 saturated carbocycles. The molecular weight excluding hydrogens is 292 g/mol. The van der Waals surface area contributed by atoms with Gasteiger partial charge < -0.3 is 19.7 Å². The number of aliphatic hydroxyl groups excluding tert-OH is 1. The quantitative estimate of drug-likeness (QED) is 0.898. The van der Waals surface area contributed by atoms with E-state index >= 15 is 0 Å². The Hall–Kier alpha value is -1.04. The van der Waals surface area contributed by atoms with Crippen LogP contribution in [0.15, 0.2) is 12.3 Å². The van der Waals surface area contributed by atoms with Crippen LogP contribution in [0.25, 0.3) is 0 Å². The van der Waals surface area contributed by atoms with Gasteiger partial charge in [-0.25, -0.2) is 0 Å². The van der Waals surface area contributed by atoms with E-state index in [-0.39, 0.29) is 23.5 Å². The van der Waals surface area contributed by atoms with Gasteiger partial charge in [0.05, 0.1) is 17.2 Å². The first-order valence-electron chi connectivity index (χ1n) is 7.49. The highest BCUT2D eigenvalue weighted by Crippen LogP contribution is 2.51. The van der Waals surface area contributed by atoms with Crippen LogP contribution >= 0.6 is 11.6 Å². The second-order valence-electron chi connectivity index (χ2n) is 5.95. The number of hydrogen-bond donors (Lipinski definition) is 2. The molecule has 1 saturated heterocycles. The fourth-order valence-electron chi connectivity index (χ4n) is 3.60. The third-order valence-electron chi connectivity index (χ3n) is 4.97. The number of piperidine rings is 1. The summed E-state index contributed by atoms with van der Waals surface area (Å²) in [5.74, 6) is -0.0291. The molecule has 1 aromatic heterocycles. The molecule has 2 aliphatic rings. The van der Waals surface area contributed by atoms with Gasteiger partial charge in [-0.3, -0.25) is 4.79 Å². The Morgan fingerprint density at radius 2 is 2.29 bits per heavy atom. The number of halogens is 1. The van der Waals surface area contributed by atoms with Gasteiger partial charge in [-0.05, 0) is 25.8 Å². The zero-order valence-corrected chi connectivity index (χ0v) is 12.9. The van der Waals surface area contributed by atoms with E-state index in [0.717, 1.165) is 12.8 Å². The summed E-state index contributed by atoms with van der Waals surface area (Å²) in [5, 5.41) is 10.7. The molecule has 1 spiro atoms. The molecule has 1 amide bonds. The number of aromatic amines is 1. The van der Waals surface area contributed by atoms with Crippen molar-refractivity contribution >= 4 is 17.5 Å². The predicted octanol–water partition coefficient (Wildman–Crippen LogP) is 2.06. The van der Waals surface area contributed by atoms with Gasteiger partial charge in [-0.15, -0.1) is 0 Å². The van der Waals surface area contributed by atoms with E-state index in [1.807, 2.05) is 11.8 Å². The lowest BCUT2D eigenvalue weighted by molar-refractivity contribution is -0.207. The van der Waals surface area contributed by atoms with Crippen LogP contribution in [0.2, 0.25) is 5.02 Å². The fraction of sp³-hybridized carbons (Fsp3) is 0.667. The molecule has 2 fully saturated rings. The Bertz CT molecular complexity index is 521. The van der Waals surface area contributed by atoms with Crippen LogP contribution in [-0.4, -0.2) is 52.8 Å². The zero-order chi connectivity index (χ0) is 15.0. The van der Waals surface area contributed by atoms with Crippen LogP contribution in [0.5, 0.6) is 0 Å². The maximum atomic E-state index is 12.4. The molecule has 0 unspecified atom stereocenters. The van der Waals surface area contributed by atoms with Crippen molar-refractivity contribution < 1.29 is 14.6 Å². The van der Waals surface area contributed by atoms with Crippen molar-refractivity contribution in [1.29, 1.82) is 0 Å². The van der Waals surface area contributed by atoms with E-state index in [4.69, 9.17) is 16.3 Å². The Balaban J connectivity index is 1.63. The number of nitrogens with zero attached hydrogens (tertiary/aromatic N) is 1. The monoisotopic (exact) mass is 312 g/mol. The van der Waals surface area contributed by atoms with E-state index < -0.39 is 0 Å². The number of carbonyl (C=O) groups is 1. The molecule has 2 atom stereocenters. The van der Waals surface area contributed by atoms with Crippen LogP contribution < -0.4 is 0 Å². The Morgan fingerprint density at radius 3 is 2.81 bits per heavy atom. The van der Waals surface area contributed by atoms with Gasteiger partial charge in [-0.1, -0.05) is 11.6 Å². The van der Waals surface area contributed by atoms with Crippen molar-refractivity contribution in [1.82, 2.24) is 9.88 Å². The number of H-pyrrole nitrogens is 1. The molecule has 2 heterocycles. The topological polar surface area (TPSA) is 65.6 Å². The van der Waals surface area contributed by atoms with Crippen molar-refractivity contribution in [3.63, 3.8) is 0 Å². The number of hydrogen-bond acceptors (Lipinski definition) is 3. The number of nitrogens with one attached hydrogen (secondary N) is 1. The molecule has 0 bridgehead atoms. The average Bonchev–Trinajstić information content (AvgIpc) is 2.93. The van der Waals surface area contributed by atoms with Crippen LogP contribution in [0, 0.1) is 5.41 Å². The average molecular weight is 313 g/mol. The largest absolute Gasteiger partial charge is 0.392 e. The van der Waals surface area contributed by atoms with Crippen LogP contribution in [0.1, 0.15) is 36.7 Å². The highest BCUT2D eigenvalue weighted by Gasteiger charge is 2.56. The maximum absolute atomic E-state index is 12.4. The van der Waals surface area contributed by atoms with Crippen molar-refractivity contribution in [3.05, 3.63) is 23.0 Å². The van der Waals surface area contributed by atoms with Crippen molar-refractivity contribution in [2.24, 2.45) is 5.41 Å². The van der Waals surface area contributed by atoms with Crippen LogP contribution in [0.4, 0.5) is 0 Å². The maximum Gasteiger partial charge on any atom is 0.270 e. The van der Waals surface area contributed by atoms with Gasteiger partial charge in [0.25, 0.3) is 5.91 Å². The minimum Gasteiger partial charge on any atom is -0.392 e. The molecule has 21 heavy (non-hydrogen) atoms. The summed E-state index contributed by atoms with van der Waals surface area (Å²) in [6.07, 6.45) is 3.74. The second kappa shape index (κ2) is 5.63. The standard InChI is InChI=1S/C15H21ClN2O3/c1-2-21-13-8-12(19)15(13)3-5-18(6-4-15)14(20)11-7-10(16)9-17-11/h7,9,12-13,17,19H,2-6,8H2,1H3/t12-,13-/m1/s1. The Kier molecular flexibility index (Phi) is 3.99. The summed E-state index contributed by atoms with van der Waals surface area (Å²) in [6.45, 7) is 3.95. The molecule has 1 aliphatic heterocycles. The lowest BCUT2D eigenvalue weighted by Gasteiger charge is -2.56. The van der Waals surface area contributed by atoms with Gasteiger partial charge in [0.1, 0.15) is 5.69 Å². The van der Waals surface area contributed by atoms with Gasteiger partial charge in [0.15, 0.2) is 0 Å². The summed E-state index contributed by atoms with van der Waals surface area (Å²) in [5.41, 5.74) is 0.367. The smallest absolute Gasteiger partial charge is 0.270 e. The lowest BCUT2D eigenvalue weighted by atomic mass is 9.58. The van der Waals surface area contributed by atoms with Crippen molar-refractivity contribution in [2.45, 2.75) is 38.4 Å². The molecule has 0 radical (unpaired) electrons. The van der Waals surface area contributed by atoms with Crippen LogP contribution in [-0.2, 0) is 4.74 Å². The molecule has 1 aromatic rings. The third kappa shape index (κ3) is 2.47. The highest BCUT2D eigenvalue weighted by atomic mass is 35.5. The van der Waals surface area contributed by atoms with Crippen molar-refractivity contribution in [2.75, 3.05) is 19.7 Å². The first kappa shape index (κ1) is 14.9. The van der Waals surface area contributed by atoms with E-state index in [9.17, 15) is 9.90 Å². The number of likely N-dealkylation sites (tertiary alicyclic amines) is 1. The van der Waals surface area contributed by atoms with Gasteiger partial charge in [0, 0.05) is 37.7 Å². The molecular formula is C15H21ClN2O3. The van der Waals surface area contributed by atoms with Gasteiger partial charge in [-0.2, -0.15) is 0 Å². The minimum atomic E-state index is -0.300. The first-order valence-corrected chi connectivity index (χ1v) is 7.87. The van der Waals surface area contributed by atoms with E-state index in [0.29, 0.717) is 36.8 Å². The summed E-state index contributed by atoms with van der Waals surface area (Å²) in [4.78, 5) is 17.1. The molecule has 5 nitrogen and oxygen atoms in total. The number of amides is 1. The molecule has 6 heteroatoms. The zero-order valence-electron chi connectivity index (χ0n) is 12.1. The molecule has 1 aliphatic carbocycles. The molecule has 0 aromatic carbocycles. The Labute approximate surface area is 129 Å². The SMILES string of the molecule is CCO[C@@H]1C[C@@H](O)C12CCN(C(=O)c1cc(Cl)c[nH]1)CC2. The summed E-state index contributed by atoms with van der Waals surface area (Å²) >= 11 is 5.84. The molecule has 116 valence electrons. The Morgan fingerprint density at radius 1 is 1.57 bits per heavy atom. The normalized spacial score (nSPS) is 27.7. The molecule has 3 rings (SSSR count). The predicted molar refractivity (Wildman–Crippen MR) is 79.4 cm³/mol. The van der Waals surface area contributed by atoms with Gasteiger partial charge >= 0.3 is 0 Å². The summed E-state index contributed by atoms with van der Waals surface area (Å²) in [6, 6.07) is 1.65. The van der Waals surface area contributed by atoms with Crippen molar-refractivity contribution in [3.8, 4) is 0 Å². The summed E-state index contributed by atoms with van der Waals surface area (Å²) < 4.78 is 5.74. The number of ether oxygens (including phenoxy) is 1. The number of carbonyl (C=O) groups excluding carboxylic acids is 1. The second-order valence-corrected chi connectivity index (χ2v) is 6.39. The highest BCUT2D eigenvalue weighted by molar-refractivity contribution is 6.30. The van der Waals surface area contributed by atoms with E-state index in [2.05, 4.69) is 4.98 Å². The van der Waals surface area contributed by atoms with E-state index in [1.165, 1.54) is 0 Å². The van der Waals surface area contributed by atoms with Gasteiger partial charge in [0.2, 0.25) is 0 Å². The first-order chi connectivity index (χ1) is 10.1.